The molecule has 8 heteroatoms. The highest BCUT2D eigenvalue weighted by Gasteiger charge is 2.38. The van der Waals surface area contributed by atoms with Gasteiger partial charge in [0, 0.05) is 6.07 Å². The summed E-state index contributed by atoms with van der Waals surface area (Å²) >= 11 is 0. The van der Waals surface area contributed by atoms with E-state index in [-0.39, 0.29) is 29.1 Å². The van der Waals surface area contributed by atoms with E-state index in [1.807, 2.05) is 0 Å². The molecule has 1 heterocycles. The van der Waals surface area contributed by atoms with E-state index >= 15 is 0 Å². The Kier molecular flexibility index (Phi) is 5.46. The van der Waals surface area contributed by atoms with E-state index < -0.39 is 28.9 Å². The second-order valence-electron chi connectivity index (χ2n) is 7.01. The Balaban J connectivity index is 1.63. The van der Waals surface area contributed by atoms with Gasteiger partial charge in [0.2, 0.25) is 0 Å². The first kappa shape index (κ1) is 20.2. The first-order valence-electron chi connectivity index (χ1n) is 9.55. The second-order valence-corrected chi connectivity index (χ2v) is 7.01. The molecule has 0 radical (unpaired) electrons. The van der Waals surface area contributed by atoms with Gasteiger partial charge in [-0.1, -0.05) is 54.6 Å². The van der Waals surface area contributed by atoms with Crippen LogP contribution in [0.3, 0.4) is 0 Å². The Morgan fingerprint density at radius 3 is 2.03 bits per heavy atom. The van der Waals surface area contributed by atoms with Crippen molar-refractivity contribution in [3.05, 3.63) is 106 Å². The SMILES string of the molecule is O=C1c2ccccc2C(=O)N1C[C@@H](O)[C@H](Oc1ccccc1[N+](=O)[O-])c1ccccc1. The number of nitro groups is 1. The maximum atomic E-state index is 12.7. The molecule has 4 rings (SSSR count). The number of carbonyl (C=O) groups is 2. The zero-order valence-electron chi connectivity index (χ0n) is 16.3. The van der Waals surface area contributed by atoms with E-state index in [4.69, 9.17) is 4.74 Å². The Morgan fingerprint density at radius 1 is 0.871 bits per heavy atom. The van der Waals surface area contributed by atoms with Crippen LogP contribution in [0.15, 0.2) is 78.9 Å². The van der Waals surface area contributed by atoms with Gasteiger partial charge in [0.1, 0.15) is 6.10 Å². The summed E-state index contributed by atoms with van der Waals surface area (Å²) in [6.07, 6.45) is -2.38. The molecule has 3 aromatic carbocycles. The summed E-state index contributed by atoms with van der Waals surface area (Å²) in [5.74, 6) is -1.03. The number of nitro benzene ring substituents is 1. The fourth-order valence-corrected chi connectivity index (χ4v) is 3.54. The van der Waals surface area contributed by atoms with Crippen molar-refractivity contribution in [1.82, 2.24) is 4.90 Å². The normalized spacial score (nSPS) is 14.8. The van der Waals surface area contributed by atoms with Crippen molar-refractivity contribution in [2.75, 3.05) is 6.54 Å². The number of ether oxygens (including phenoxy) is 1. The average Bonchev–Trinajstić information content (AvgIpc) is 3.03. The van der Waals surface area contributed by atoms with Crippen molar-refractivity contribution in [2.45, 2.75) is 12.2 Å². The number of amides is 2. The van der Waals surface area contributed by atoms with Crippen LogP contribution < -0.4 is 4.74 Å². The van der Waals surface area contributed by atoms with Crippen LogP contribution in [0.1, 0.15) is 32.4 Å². The number of imide groups is 1. The predicted octanol–water partition coefficient (Wildman–Crippen LogP) is 3.37. The van der Waals surface area contributed by atoms with Gasteiger partial charge in [0.15, 0.2) is 11.9 Å². The largest absolute Gasteiger partial charge is 0.476 e. The molecule has 31 heavy (non-hydrogen) atoms. The van der Waals surface area contributed by atoms with Gasteiger partial charge in [-0.25, -0.2) is 0 Å². The lowest BCUT2D eigenvalue weighted by atomic mass is 10.0. The Morgan fingerprint density at radius 2 is 1.42 bits per heavy atom. The standard InChI is InChI=1S/C23H18N2O6/c26-19(14-24-22(27)16-10-4-5-11-17(16)23(24)28)21(15-8-2-1-3-9-15)31-20-13-7-6-12-18(20)25(29)30/h1-13,19,21,26H,14H2/t19-,21-/m1/s1. The minimum Gasteiger partial charge on any atom is -0.476 e. The van der Waals surface area contributed by atoms with Gasteiger partial charge >= 0.3 is 5.69 Å². The van der Waals surface area contributed by atoms with Crippen molar-refractivity contribution in [3.63, 3.8) is 0 Å². The molecule has 0 bridgehead atoms. The van der Waals surface area contributed by atoms with Gasteiger partial charge < -0.3 is 9.84 Å². The molecule has 0 fully saturated rings. The minimum atomic E-state index is -1.33. The molecule has 0 unspecified atom stereocenters. The summed E-state index contributed by atoms with van der Waals surface area (Å²) in [5.41, 5.74) is 0.840. The van der Waals surface area contributed by atoms with Crippen LogP contribution in [0.2, 0.25) is 0 Å². The monoisotopic (exact) mass is 418 g/mol. The van der Waals surface area contributed by atoms with E-state index in [1.54, 1.807) is 60.7 Å². The number of fused-ring (bicyclic) bond motifs is 1. The van der Waals surface area contributed by atoms with Gasteiger partial charge in [-0.2, -0.15) is 0 Å². The number of β-amino-alcohol motifs (C(OH)–C–C–N with tert-alkyl or cyclic N) is 1. The van der Waals surface area contributed by atoms with E-state index in [9.17, 15) is 24.8 Å². The van der Waals surface area contributed by atoms with Crippen LogP contribution in [0, 0.1) is 10.1 Å². The molecule has 1 aliphatic heterocycles. The summed E-state index contributed by atoms with van der Waals surface area (Å²) in [6, 6.07) is 20.9. The number of rotatable bonds is 7. The molecular weight excluding hydrogens is 400 g/mol. The number of aliphatic hydroxyl groups excluding tert-OH is 1. The first-order valence-corrected chi connectivity index (χ1v) is 9.55. The Bertz CT molecular complexity index is 1110. The molecule has 2 amide bonds. The van der Waals surface area contributed by atoms with Gasteiger partial charge in [-0.05, 0) is 23.8 Å². The van der Waals surface area contributed by atoms with Crippen molar-refractivity contribution in [2.24, 2.45) is 0 Å². The van der Waals surface area contributed by atoms with Crippen molar-refractivity contribution in [3.8, 4) is 5.75 Å². The van der Waals surface area contributed by atoms with Gasteiger partial charge in [-0.3, -0.25) is 24.6 Å². The van der Waals surface area contributed by atoms with Crippen molar-refractivity contribution >= 4 is 17.5 Å². The molecule has 3 aromatic rings. The van der Waals surface area contributed by atoms with Crippen LogP contribution in [0.25, 0.3) is 0 Å². The molecular formula is C23H18N2O6. The van der Waals surface area contributed by atoms with Crippen LogP contribution in [0.4, 0.5) is 5.69 Å². The fourth-order valence-electron chi connectivity index (χ4n) is 3.54. The number of hydrogen-bond donors (Lipinski definition) is 1. The molecule has 0 spiro atoms. The number of benzene rings is 3. The topological polar surface area (TPSA) is 110 Å². The van der Waals surface area contributed by atoms with E-state index in [0.717, 1.165) is 4.90 Å². The average molecular weight is 418 g/mol. The summed E-state index contributed by atoms with van der Waals surface area (Å²) in [7, 11) is 0. The molecule has 8 nitrogen and oxygen atoms in total. The summed E-state index contributed by atoms with van der Waals surface area (Å²) in [6.45, 7) is -0.327. The van der Waals surface area contributed by atoms with Crippen molar-refractivity contribution in [1.29, 1.82) is 0 Å². The van der Waals surface area contributed by atoms with E-state index in [0.29, 0.717) is 5.56 Å². The number of aliphatic hydroxyl groups is 1. The molecule has 0 saturated carbocycles. The third-order valence-electron chi connectivity index (χ3n) is 5.04. The lowest BCUT2D eigenvalue weighted by molar-refractivity contribution is -0.386. The number of carbonyl (C=O) groups excluding carboxylic acids is 2. The molecule has 0 aliphatic carbocycles. The first-order chi connectivity index (χ1) is 15.0. The third kappa shape index (κ3) is 3.88. The van der Waals surface area contributed by atoms with E-state index in [2.05, 4.69) is 0 Å². The van der Waals surface area contributed by atoms with Gasteiger partial charge in [0.05, 0.1) is 22.6 Å². The van der Waals surface area contributed by atoms with Crippen LogP contribution in [0.5, 0.6) is 5.75 Å². The highest BCUT2D eigenvalue weighted by molar-refractivity contribution is 6.21. The molecule has 156 valence electrons. The number of hydrogen-bond acceptors (Lipinski definition) is 6. The predicted molar refractivity (Wildman–Crippen MR) is 111 cm³/mol. The smallest absolute Gasteiger partial charge is 0.310 e. The maximum Gasteiger partial charge on any atom is 0.310 e. The minimum absolute atomic E-state index is 0.0252. The molecule has 0 aromatic heterocycles. The van der Waals surface area contributed by atoms with Crippen molar-refractivity contribution < 1.29 is 24.4 Å². The van der Waals surface area contributed by atoms with Gasteiger partial charge in [0.25, 0.3) is 11.8 Å². The zero-order valence-corrected chi connectivity index (χ0v) is 16.3. The second kappa shape index (κ2) is 8.37. The molecule has 1 aliphatic rings. The quantitative estimate of drug-likeness (QED) is 0.358. The van der Waals surface area contributed by atoms with Crippen LogP contribution in [-0.4, -0.2) is 39.4 Å². The third-order valence-corrected chi connectivity index (χ3v) is 5.04. The Hall–Kier alpha value is -4.04. The Labute approximate surface area is 177 Å². The maximum absolute atomic E-state index is 12.7. The van der Waals surface area contributed by atoms with Gasteiger partial charge in [-0.15, -0.1) is 0 Å². The summed E-state index contributed by atoms with van der Waals surface area (Å²) in [5, 5.41) is 22.4. The summed E-state index contributed by atoms with van der Waals surface area (Å²) in [4.78, 5) is 37.1. The molecule has 0 saturated heterocycles. The highest BCUT2D eigenvalue weighted by Crippen LogP contribution is 2.33. The summed E-state index contributed by atoms with van der Waals surface area (Å²) < 4.78 is 5.87. The lowest BCUT2D eigenvalue weighted by Crippen LogP contribution is -2.40. The molecule has 2 atom stereocenters. The fraction of sp³-hybridized carbons (Fsp3) is 0.130. The highest BCUT2D eigenvalue weighted by atomic mass is 16.6. The molecule has 1 N–H and O–H groups in total. The lowest BCUT2D eigenvalue weighted by Gasteiger charge is -2.27. The number of para-hydroxylation sites is 2. The van der Waals surface area contributed by atoms with Crippen LogP contribution >= 0.6 is 0 Å². The van der Waals surface area contributed by atoms with E-state index in [1.165, 1.54) is 18.2 Å². The van der Waals surface area contributed by atoms with Crippen LogP contribution in [-0.2, 0) is 0 Å². The zero-order chi connectivity index (χ0) is 22.0. The number of nitrogens with zero attached hydrogens (tertiary/aromatic N) is 2.